The maximum absolute atomic E-state index is 8.50. The van der Waals surface area contributed by atoms with Gasteiger partial charge in [0.05, 0.1) is 12.1 Å². The molecule has 62 valence electrons. The molecular weight excluding hydrogens is 200 g/mol. The molecule has 0 atom stereocenters. The molecular formula is C5H10N2O2STi. The van der Waals surface area contributed by atoms with Crippen LogP contribution < -0.4 is 0 Å². The van der Waals surface area contributed by atoms with E-state index in [4.69, 9.17) is 6.65 Å². The van der Waals surface area contributed by atoms with E-state index in [1.807, 2.05) is 5.55 Å². The van der Waals surface area contributed by atoms with E-state index in [2.05, 4.69) is 16.2 Å². The monoisotopic (exact) mass is 210 g/mol. The van der Waals surface area contributed by atoms with Gasteiger partial charge in [-0.2, -0.15) is 0 Å². The first-order valence-electron chi connectivity index (χ1n) is 3.24. The molecule has 0 amide bonds. The van der Waals surface area contributed by atoms with Gasteiger partial charge in [0.1, 0.15) is 0 Å². The van der Waals surface area contributed by atoms with Crippen molar-refractivity contribution in [2.45, 2.75) is 6.92 Å². The number of aliphatic imine (C=N–C) groups is 1. The molecule has 0 radical (unpaired) electrons. The van der Waals surface area contributed by atoms with E-state index in [0.29, 0.717) is 0 Å². The zero-order chi connectivity index (χ0) is 8.53. The molecule has 6 heteroatoms. The summed E-state index contributed by atoms with van der Waals surface area (Å²) in [6.45, 7) is 5.36. The van der Waals surface area contributed by atoms with E-state index in [-0.39, 0.29) is 0 Å². The molecule has 0 unspecified atom stereocenters. The first kappa shape index (κ1) is 11.3. The van der Waals surface area contributed by atoms with Gasteiger partial charge in [0, 0.05) is 13.1 Å². The van der Waals surface area contributed by atoms with Gasteiger partial charge in [-0.3, -0.25) is 4.99 Å². The Labute approximate surface area is 79.1 Å². The molecule has 1 aliphatic rings. The van der Waals surface area contributed by atoms with Crippen LogP contribution in [0.25, 0.3) is 0 Å². The molecule has 1 aliphatic heterocycles. The first-order valence-corrected chi connectivity index (χ1v) is 5.35. The number of rotatable bonds is 1. The third-order valence-corrected chi connectivity index (χ3v) is 2.08. The van der Waals surface area contributed by atoms with Crippen LogP contribution in [-0.2, 0) is 25.7 Å². The van der Waals surface area contributed by atoms with Crippen LogP contribution in [-0.4, -0.2) is 29.5 Å². The molecule has 1 rings (SSSR count). The van der Waals surface area contributed by atoms with Crippen molar-refractivity contribution in [2.75, 3.05) is 19.6 Å². The van der Waals surface area contributed by atoms with E-state index in [1.165, 1.54) is 0 Å². The van der Waals surface area contributed by atoms with Crippen LogP contribution in [0.1, 0.15) is 6.92 Å². The molecule has 0 saturated heterocycles. The molecule has 0 bridgehead atoms. The van der Waals surface area contributed by atoms with Gasteiger partial charge in [-0.25, -0.2) is 4.31 Å². The zero-order valence-corrected chi connectivity index (χ0v) is 8.70. The molecule has 0 spiro atoms. The van der Waals surface area contributed by atoms with Crippen molar-refractivity contribution in [1.82, 2.24) is 4.31 Å². The van der Waals surface area contributed by atoms with Crippen molar-refractivity contribution >= 4 is 17.5 Å². The summed E-state index contributed by atoms with van der Waals surface area (Å²) in [5.74, 6) is 0. The molecule has 4 nitrogen and oxygen atoms in total. The third kappa shape index (κ3) is 6.68. The summed E-state index contributed by atoms with van der Waals surface area (Å²) in [4.78, 5) is 4.07. The van der Waals surface area contributed by atoms with Gasteiger partial charge in [0.15, 0.2) is 0 Å². The van der Waals surface area contributed by atoms with Crippen LogP contribution in [0.4, 0.5) is 0 Å². The Kier molecular flexibility index (Phi) is 8.62. The van der Waals surface area contributed by atoms with Crippen LogP contribution in [0.3, 0.4) is 0 Å². The van der Waals surface area contributed by atoms with Crippen molar-refractivity contribution in [3.63, 3.8) is 0 Å². The predicted octanol–water partition coefficient (Wildman–Crippen LogP) is 0.758. The summed E-state index contributed by atoms with van der Waals surface area (Å²) in [6.07, 6.45) is 0. The van der Waals surface area contributed by atoms with Crippen LogP contribution >= 0.6 is 11.9 Å². The van der Waals surface area contributed by atoms with Gasteiger partial charge in [-0.05, 0) is 11.9 Å². The number of likely N-dealkylation sites (N-methyl/N-ethyl adjacent to an activating group) is 1. The Hall–Kier alpha value is 0.294. The van der Waals surface area contributed by atoms with Crippen LogP contribution in [0, 0.1) is 0 Å². The summed E-state index contributed by atoms with van der Waals surface area (Å²) in [6, 6.07) is 0. The quantitative estimate of drug-likeness (QED) is 0.473. The average Bonchev–Trinajstić information content (AvgIpc) is 2.08. The fourth-order valence-corrected chi connectivity index (χ4v) is 1.25. The van der Waals surface area contributed by atoms with Gasteiger partial charge in [-0.15, -0.1) is 0 Å². The molecule has 11 heavy (non-hydrogen) atoms. The second-order valence-corrected chi connectivity index (χ2v) is 2.92. The van der Waals surface area contributed by atoms with E-state index in [9.17, 15) is 0 Å². The Morgan fingerprint density at radius 2 is 2.36 bits per heavy atom. The summed E-state index contributed by atoms with van der Waals surface area (Å²) in [7, 11) is 0. The molecule has 0 N–H and O–H groups in total. The van der Waals surface area contributed by atoms with Gasteiger partial charge >= 0.3 is 25.7 Å². The van der Waals surface area contributed by atoms with Crippen molar-refractivity contribution in [3.8, 4) is 0 Å². The molecule has 0 aliphatic carbocycles. The second kappa shape index (κ2) is 8.39. The maximum atomic E-state index is 8.50. The average molecular weight is 210 g/mol. The Morgan fingerprint density at radius 1 is 1.73 bits per heavy atom. The van der Waals surface area contributed by atoms with Gasteiger partial charge in [-0.1, -0.05) is 6.92 Å². The second-order valence-electron chi connectivity index (χ2n) is 1.72. The summed E-state index contributed by atoms with van der Waals surface area (Å²) >= 11 is -0.295. The molecule has 1 heterocycles. The van der Waals surface area contributed by atoms with Crippen LogP contribution in [0.5, 0.6) is 0 Å². The number of nitrogens with zero attached hydrogens (tertiary/aromatic N) is 2. The topological polar surface area (TPSA) is 49.7 Å². The van der Waals surface area contributed by atoms with Crippen LogP contribution in [0.2, 0.25) is 0 Å². The van der Waals surface area contributed by atoms with Gasteiger partial charge in [0.25, 0.3) is 0 Å². The van der Waals surface area contributed by atoms with Crippen molar-refractivity contribution in [2.24, 2.45) is 4.99 Å². The summed E-state index contributed by atoms with van der Waals surface area (Å²) in [5.41, 5.74) is 1.91. The van der Waals surface area contributed by atoms with E-state index < -0.39 is 19.1 Å². The normalized spacial score (nSPS) is 16.5. The van der Waals surface area contributed by atoms with Crippen molar-refractivity contribution in [1.29, 1.82) is 0 Å². The number of hydrogen-bond donors (Lipinski definition) is 0. The molecule has 0 aromatic carbocycles. The molecule has 0 fully saturated rings. The SMILES string of the molecule is CCN1CCN=CS1.[O]=[Ti]=[O]. The summed E-state index contributed by atoms with van der Waals surface area (Å²) < 4.78 is 19.3. The fraction of sp³-hybridized carbons (Fsp3) is 0.800. The zero-order valence-electron chi connectivity index (χ0n) is 6.32. The summed E-state index contributed by atoms with van der Waals surface area (Å²) in [5, 5.41) is 0. The van der Waals surface area contributed by atoms with Crippen molar-refractivity contribution in [3.05, 3.63) is 0 Å². The van der Waals surface area contributed by atoms with Crippen LogP contribution in [0.15, 0.2) is 4.99 Å². The number of hydrogen-bond acceptors (Lipinski definition) is 5. The fourth-order valence-electron chi connectivity index (χ4n) is 0.607. The van der Waals surface area contributed by atoms with E-state index in [0.717, 1.165) is 19.6 Å². The third-order valence-electron chi connectivity index (χ3n) is 1.10. The minimum atomic E-state index is -2.00. The Morgan fingerprint density at radius 3 is 2.64 bits per heavy atom. The predicted molar refractivity (Wildman–Crippen MR) is 39.6 cm³/mol. The Balaban J connectivity index is 0.000000292. The standard InChI is InChI=1S/C5H10N2S.2O.Ti/c1-2-7-4-3-6-5-8-7;;;/h5H,2-4H2,1H3;;;. The van der Waals surface area contributed by atoms with E-state index >= 15 is 0 Å². The molecule has 0 aromatic rings. The Bertz CT molecular complexity index is 159. The van der Waals surface area contributed by atoms with Gasteiger partial charge in [0.2, 0.25) is 0 Å². The van der Waals surface area contributed by atoms with Crippen molar-refractivity contribution < 1.29 is 25.7 Å². The molecule has 0 saturated carbocycles. The minimum absolute atomic E-state index is 0.973. The van der Waals surface area contributed by atoms with Gasteiger partial charge < -0.3 is 0 Å². The molecule has 0 aromatic heterocycles. The van der Waals surface area contributed by atoms with E-state index in [1.54, 1.807) is 11.9 Å². The first-order chi connectivity index (χ1) is 5.35.